The first-order valence-corrected chi connectivity index (χ1v) is 8.97. The number of nitrogens with zero attached hydrogens (tertiary/aromatic N) is 2. The minimum atomic E-state index is -4.49. The number of halogens is 3. The minimum Gasteiger partial charge on any atom is -0.497 e. The molecule has 0 saturated carbocycles. The Hall–Kier alpha value is -2.77. The lowest BCUT2D eigenvalue weighted by molar-refractivity contribution is -0.141. The van der Waals surface area contributed by atoms with Gasteiger partial charge in [-0.25, -0.2) is 4.98 Å². The van der Waals surface area contributed by atoms with Gasteiger partial charge in [0.15, 0.2) is 0 Å². The van der Waals surface area contributed by atoms with Crippen LogP contribution in [0.3, 0.4) is 0 Å². The van der Waals surface area contributed by atoms with Crippen LogP contribution in [-0.2, 0) is 6.18 Å². The van der Waals surface area contributed by atoms with Crippen LogP contribution < -0.4 is 9.47 Å². The number of carbonyl (C=O) groups is 1. The minimum absolute atomic E-state index is 0.0373. The summed E-state index contributed by atoms with van der Waals surface area (Å²) in [6.45, 7) is 1.41. The third-order valence-electron chi connectivity index (χ3n) is 4.70. The van der Waals surface area contributed by atoms with Gasteiger partial charge >= 0.3 is 6.18 Å². The topological polar surface area (TPSA) is 51.7 Å². The maximum Gasteiger partial charge on any atom is 0.433 e. The van der Waals surface area contributed by atoms with Crippen molar-refractivity contribution in [3.63, 3.8) is 0 Å². The van der Waals surface area contributed by atoms with E-state index in [1.807, 2.05) is 0 Å². The Morgan fingerprint density at radius 1 is 1.18 bits per heavy atom. The summed E-state index contributed by atoms with van der Waals surface area (Å²) in [5.74, 6) is 0.691. The molecule has 1 aromatic carbocycles. The van der Waals surface area contributed by atoms with Crippen LogP contribution in [0.5, 0.6) is 11.6 Å². The van der Waals surface area contributed by atoms with Crippen LogP contribution in [0, 0.1) is 5.92 Å². The fourth-order valence-electron chi connectivity index (χ4n) is 3.10. The summed E-state index contributed by atoms with van der Waals surface area (Å²) in [6, 6.07) is 10.6. The molecule has 0 spiro atoms. The van der Waals surface area contributed by atoms with Gasteiger partial charge in [-0.15, -0.1) is 0 Å². The molecule has 28 heavy (non-hydrogen) atoms. The van der Waals surface area contributed by atoms with Crippen molar-refractivity contribution in [2.24, 2.45) is 5.92 Å². The number of benzene rings is 1. The molecule has 0 aliphatic carbocycles. The van der Waals surface area contributed by atoms with Crippen LogP contribution in [0.25, 0.3) is 0 Å². The quantitative estimate of drug-likeness (QED) is 0.768. The largest absolute Gasteiger partial charge is 0.497 e. The van der Waals surface area contributed by atoms with Crippen LogP contribution in [0.1, 0.15) is 28.9 Å². The Morgan fingerprint density at radius 3 is 2.57 bits per heavy atom. The zero-order valence-corrected chi connectivity index (χ0v) is 15.4. The molecule has 1 aliphatic rings. The number of carbonyl (C=O) groups excluding carboxylic acids is 1. The smallest absolute Gasteiger partial charge is 0.433 e. The molecule has 1 fully saturated rings. The number of piperidine rings is 1. The average Bonchev–Trinajstić information content (AvgIpc) is 2.72. The fourth-order valence-corrected chi connectivity index (χ4v) is 3.10. The van der Waals surface area contributed by atoms with Gasteiger partial charge in [-0.2, -0.15) is 13.2 Å². The molecular formula is C20H21F3N2O3. The second-order valence-electron chi connectivity index (χ2n) is 6.64. The van der Waals surface area contributed by atoms with E-state index in [2.05, 4.69) is 4.98 Å². The third kappa shape index (κ3) is 4.94. The van der Waals surface area contributed by atoms with Gasteiger partial charge < -0.3 is 14.4 Å². The van der Waals surface area contributed by atoms with Gasteiger partial charge in [0.1, 0.15) is 11.4 Å². The number of hydrogen-bond donors (Lipinski definition) is 0. The Morgan fingerprint density at radius 2 is 1.89 bits per heavy atom. The van der Waals surface area contributed by atoms with E-state index in [-0.39, 0.29) is 24.3 Å². The zero-order valence-electron chi connectivity index (χ0n) is 15.4. The summed E-state index contributed by atoms with van der Waals surface area (Å²) in [5.41, 5.74) is -0.397. The van der Waals surface area contributed by atoms with Crippen LogP contribution in [0.2, 0.25) is 0 Å². The van der Waals surface area contributed by atoms with E-state index in [1.165, 1.54) is 12.1 Å². The molecule has 1 amide bonds. The first-order valence-electron chi connectivity index (χ1n) is 8.97. The van der Waals surface area contributed by atoms with E-state index in [4.69, 9.17) is 9.47 Å². The summed E-state index contributed by atoms with van der Waals surface area (Å²) in [7, 11) is 1.55. The Labute approximate surface area is 161 Å². The number of amides is 1. The van der Waals surface area contributed by atoms with Crippen molar-refractivity contribution in [2.45, 2.75) is 19.0 Å². The van der Waals surface area contributed by atoms with E-state index >= 15 is 0 Å². The number of pyridine rings is 1. The second kappa shape index (κ2) is 8.50. The Balaban J connectivity index is 1.51. The van der Waals surface area contributed by atoms with Crippen LogP contribution in [0.4, 0.5) is 13.2 Å². The summed E-state index contributed by atoms with van der Waals surface area (Å²) >= 11 is 0. The Bertz CT molecular complexity index is 818. The molecule has 0 radical (unpaired) electrons. The monoisotopic (exact) mass is 394 g/mol. The first-order chi connectivity index (χ1) is 13.4. The molecule has 0 bridgehead atoms. The van der Waals surface area contributed by atoms with Gasteiger partial charge in [-0.3, -0.25) is 4.79 Å². The molecule has 0 atom stereocenters. The molecule has 5 nitrogen and oxygen atoms in total. The number of likely N-dealkylation sites (tertiary alicyclic amines) is 1. The van der Waals surface area contributed by atoms with E-state index in [0.717, 1.165) is 6.07 Å². The van der Waals surface area contributed by atoms with Crippen molar-refractivity contribution < 1.29 is 27.4 Å². The average molecular weight is 394 g/mol. The van der Waals surface area contributed by atoms with Crippen molar-refractivity contribution in [3.8, 4) is 11.6 Å². The maximum atomic E-state index is 12.7. The van der Waals surface area contributed by atoms with Crippen molar-refractivity contribution in [1.82, 2.24) is 9.88 Å². The summed E-state index contributed by atoms with van der Waals surface area (Å²) in [6.07, 6.45) is -3.06. The van der Waals surface area contributed by atoms with Crippen LogP contribution >= 0.6 is 0 Å². The highest BCUT2D eigenvalue weighted by atomic mass is 19.4. The molecule has 0 N–H and O–H groups in total. The Kier molecular flexibility index (Phi) is 6.06. The number of ether oxygens (including phenoxy) is 2. The number of rotatable bonds is 5. The molecule has 8 heteroatoms. The highest BCUT2D eigenvalue weighted by Crippen LogP contribution is 2.29. The number of alkyl halides is 3. The standard InChI is InChI=1S/C20H21F3N2O3/c1-27-16-5-2-4-15(12-16)19(26)25-10-8-14(9-11-25)13-28-18-7-3-6-17(24-18)20(21,22)23/h2-7,12,14H,8-11,13H2,1H3. The molecule has 150 valence electrons. The third-order valence-corrected chi connectivity index (χ3v) is 4.70. The summed E-state index contributed by atoms with van der Waals surface area (Å²) in [4.78, 5) is 17.9. The highest BCUT2D eigenvalue weighted by Gasteiger charge is 2.32. The molecule has 3 rings (SSSR count). The fraction of sp³-hybridized carbons (Fsp3) is 0.400. The first kappa shape index (κ1) is 20.0. The van der Waals surface area contributed by atoms with Gasteiger partial charge in [0.25, 0.3) is 5.91 Å². The normalized spacial score (nSPS) is 15.4. The lowest BCUT2D eigenvalue weighted by Crippen LogP contribution is -2.39. The van der Waals surface area contributed by atoms with Crippen molar-refractivity contribution >= 4 is 5.91 Å². The number of hydrogen-bond acceptors (Lipinski definition) is 4. The summed E-state index contributed by atoms with van der Waals surface area (Å²) < 4.78 is 48.7. The summed E-state index contributed by atoms with van der Waals surface area (Å²) in [5, 5.41) is 0. The molecule has 1 aromatic heterocycles. The van der Waals surface area contributed by atoms with Gasteiger partial charge in [-0.05, 0) is 43.0 Å². The number of methoxy groups -OCH3 is 1. The van der Waals surface area contributed by atoms with Crippen LogP contribution in [0.15, 0.2) is 42.5 Å². The number of aromatic nitrogens is 1. The van der Waals surface area contributed by atoms with Crippen LogP contribution in [-0.4, -0.2) is 42.6 Å². The van der Waals surface area contributed by atoms with E-state index in [1.54, 1.807) is 36.3 Å². The molecule has 2 heterocycles. The van der Waals surface area contributed by atoms with Gasteiger partial charge in [0, 0.05) is 24.7 Å². The van der Waals surface area contributed by atoms with Crippen molar-refractivity contribution in [2.75, 3.05) is 26.8 Å². The van der Waals surface area contributed by atoms with Crippen molar-refractivity contribution in [1.29, 1.82) is 0 Å². The van der Waals surface area contributed by atoms with Gasteiger partial charge in [-0.1, -0.05) is 12.1 Å². The molecule has 1 saturated heterocycles. The highest BCUT2D eigenvalue weighted by molar-refractivity contribution is 5.94. The lowest BCUT2D eigenvalue weighted by Gasteiger charge is -2.32. The zero-order chi connectivity index (χ0) is 20.1. The SMILES string of the molecule is COc1cccc(C(=O)N2CCC(COc3cccc(C(F)(F)F)n3)CC2)c1. The molecule has 0 unspecified atom stereocenters. The molecular weight excluding hydrogens is 373 g/mol. The van der Waals surface area contributed by atoms with E-state index in [9.17, 15) is 18.0 Å². The van der Waals surface area contributed by atoms with E-state index in [0.29, 0.717) is 37.2 Å². The van der Waals surface area contributed by atoms with Gasteiger partial charge in [0.05, 0.1) is 13.7 Å². The second-order valence-corrected chi connectivity index (χ2v) is 6.64. The lowest BCUT2D eigenvalue weighted by atomic mass is 9.97. The van der Waals surface area contributed by atoms with Gasteiger partial charge in [0.2, 0.25) is 5.88 Å². The predicted octanol–water partition coefficient (Wildman–Crippen LogP) is 4.04. The molecule has 1 aliphatic heterocycles. The predicted molar refractivity (Wildman–Crippen MR) is 96.4 cm³/mol. The van der Waals surface area contributed by atoms with E-state index < -0.39 is 11.9 Å². The molecule has 2 aromatic rings. The van der Waals surface area contributed by atoms with Crippen molar-refractivity contribution in [3.05, 3.63) is 53.7 Å². The maximum absolute atomic E-state index is 12.7.